The fourth-order valence-corrected chi connectivity index (χ4v) is 6.60. The van der Waals surface area contributed by atoms with E-state index >= 15 is 0 Å². The van der Waals surface area contributed by atoms with Gasteiger partial charge in [0.15, 0.2) is 0 Å². The molecular weight excluding hydrogens is 482 g/mol. The molecule has 0 amide bonds. The van der Waals surface area contributed by atoms with Crippen molar-refractivity contribution in [1.29, 1.82) is 0 Å². The number of ketones is 1. The Kier molecular flexibility index (Phi) is 6.78. The summed E-state index contributed by atoms with van der Waals surface area (Å²) in [5.41, 5.74) is 5.20. The average Bonchev–Trinajstić information content (AvgIpc) is 3.11. The van der Waals surface area contributed by atoms with Gasteiger partial charge in [-0.1, -0.05) is 91.9 Å². The first-order valence-corrected chi connectivity index (χ1v) is 13.6. The van der Waals surface area contributed by atoms with Crippen molar-refractivity contribution < 1.29 is 10.0 Å². The van der Waals surface area contributed by atoms with Gasteiger partial charge >= 0.3 is 0 Å². The first-order chi connectivity index (χ1) is 17.4. The van der Waals surface area contributed by atoms with Crippen LogP contribution >= 0.6 is 23.5 Å². The van der Waals surface area contributed by atoms with Crippen LogP contribution in [0.25, 0.3) is 11.1 Å². The highest BCUT2D eigenvalue weighted by Crippen LogP contribution is 2.52. The molecule has 1 aliphatic rings. The van der Waals surface area contributed by atoms with Crippen molar-refractivity contribution in [3.8, 4) is 11.1 Å². The third-order valence-electron chi connectivity index (χ3n) is 6.66. The second-order valence-electron chi connectivity index (χ2n) is 9.29. The fraction of sp³-hybridized carbons (Fsp3) is 0.161. The van der Waals surface area contributed by atoms with Crippen molar-refractivity contribution in [3.05, 3.63) is 108 Å². The highest BCUT2D eigenvalue weighted by molar-refractivity contribution is 7.99. The maximum absolute atomic E-state index is 13.4. The van der Waals surface area contributed by atoms with E-state index in [4.69, 9.17) is 0 Å². The van der Waals surface area contributed by atoms with Crippen LogP contribution in [-0.2, 0) is 5.41 Å². The highest BCUT2D eigenvalue weighted by atomic mass is 32.2. The van der Waals surface area contributed by atoms with Crippen LogP contribution in [0.15, 0.2) is 116 Å². The van der Waals surface area contributed by atoms with Crippen molar-refractivity contribution in [1.82, 2.24) is 0 Å². The molecule has 0 unspecified atom stereocenters. The SMILES string of the molecule is CCC(=NO)C(=O)c1cc2c(cc1Sc1ccccc1)C(C)(C)c1cc(Sc3ccccc3)ccc1-2. The quantitative estimate of drug-likeness (QED) is 0.117. The number of fused-ring (bicyclic) bond motifs is 3. The van der Waals surface area contributed by atoms with Crippen molar-refractivity contribution >= 4 is 35.0 Å². The number of nitrogens with zero attached hydrogens (tertiary/aromatic N) is 1. The minimum absolute atomic E-state index is 0.164. The van der Waals surface area contributed by atoms with Crippen LogP contribution in [0.4, 0.5) is 0 Å². The molecule has 0 aromatic heterocycles. The summed E-state index contributed by atoms with van der Waals surface area (Å²) in [6.45, 7) is 6.33. The van der Waals surface area contributed by atoms with Gasteiger partial charge in [0, 0.05) is 30.6 Å². The summed E-state index contributed by atoms with van der Waals surface area (Å²) >= 11 is 3.32. The van der Waals surface area contributed by atoms with Gasteiger partial charge in [0.05, 0.1) is 0 Å². The molecule has 3 nitrogen and oxygen atoms in total. The van der Waals surface area contributed by atoms with Crippen molar-refractivity contribution in [3.63, 3.8) is 0 Å². The zero-order valence-corrected chi connectivity index (χ0v) is 22.1. The summed E-state index contributed by atoms with van der Waals surface area (Å²) in [6, 6.07) is 31.2. The Morgan fingerprint density at radius 2 is 1.39 bits per heavy atom. The number of benzene rings is 4. The van der Waals surface area contributed by atoms with Gasteiger partial charge in [0.2, 0.25) is 5.78 Å². The molecule has 4 aromatic carbocycles. The molecule has 5 heteroatoms. The Morgan fingerprint density at radius 3 is 2.00 bits per heavy atom. The van der Waals surface area contributed by atoms with Crippen LogP contribution in [-0.4, -0.2) is 16.7 Å². The summed E-state index contributed by atoms with van der Waals surface area (Å²) in [4.78, 5) is 17.8. The molecule has 0 saturated carbocycles. The van der Waals surface area contributed by atoms with Gasteiger partial charge in [-0.15, -0.1) is 0 Å². The van der Waals surface area contributed by atoms with E-state index in [-0.39, 0.29) is 16.9 Å². The average molecular weight is 510 g/mol. The maximum Gasteiger partial charge on any atom is 0.211 e. The van der Waals surface area contributed by atoms with Crippen LogP contribution in [0.5, 0.6) is 0 Å². The standard InChI is InChI=1S/C31H27NO2S2/c1-4-28(32-34)30(33)25-18-24-23-16-15-22(35-20-11-7-5-8-12-20)17-26(23)31(2,3)27(24)19-29(25)36-21-13-9-6-10-14-21/h5-19,34H,4H2,1-3H3. The molecule has 0 fully saturated rings. The predicted molar refractivity (Wildman–Crippen MR) is 149 cm³/mol. The summed E-state index contributed by atoms with van der Waals surface area (Å²) in [6.07, 6.45) is 0.365. The zero-order valence-electron chi connectivity index (χ0n) is 20.5. The molecule has 0 radical (unpaired) electrons. The predicted octanol–water partition coefficient (Wildman–Crippen LogP) is 8.72. The minimum Gasteiger partial charge on any atom is -0.411 e. The molecule has 36 heavy (non-hydrogen) atoms. The summed E-state index contributed by atoms with van der Waals surface area (Å²) in [5.74, 6) is -0.233. The van der Waals surface area contributed by atoms with E-state index in [1.54, 1.807) is 23.5 Å². The Hall–Kier alpha value is -3.28. The van der Waals surface area contributed by atoms with E-state index in [1.807, 2.05) is 49.4 Å². The van der Waals surface area contributed by atoms with Crippen LogP contribution in [0.2, 0.25) is 0 Å². The molecule has 4 aromatic rings. The highest BCUT2D eigenvalue weighted by Gasteiger charge is 2.37. The largest absolute Gasteiger partial charge is 0.411 e. The van der Waals surface area contributed by atoms with E-state index in [2.05, 4.69) is 67.5 Å². The number of oxime groups is 1. The smallest absolute Gasteiger partial charge is 0.211 e. The monoisotopic (exact) mass is 509 g/mol. The lowest BCUT2D eigenvalue weighted by atomic mass is 9.82. The number of rotatable bonds is 7. The van der Waals surface area contributed by atoms with Crippen LogP contribution in [0.3, 0.4) is 0 Å². The van der Waals surface area contributed by atoms with E-state index in [0.717, 1.165) is 20.9 Å². The van der Waals surface area contributed by atoms with Gasteiger partial charge in [0.1, 0.15) is 5.71 Å². The second kappa shape index (κ2) is 10.00. The third kappa shape index (κ3) is 4.49. The summed E-state index contributed by atoms with van der Waals surface area (Å²) < 4.78 is 0. The number of Topliss-reactive ketones (excluding diaryl/α,β-unsaturated/α-hetero) is 1. The van der Waals surface area contributed by atoms with Gasteiger partial charge in [-0.2, -0.15) is 0 Å². The Morgan fingerprint density at radius 1 is 0.778 bits per heavy atom. The van der Waals surface area contributed by atoms with Crippen LogP contribution in [0.1, 0.15) is 48.7 Å². The molecule has 0 aliphatic heterocycles. The van der Waals surface area contributed by atoms with E-state index < -0.39 is 0 Å². The third-order valence-corrected chi connectivity index (χ3v) is 8.72. The van der Waals surface area contributed by atoms with E-state index in [1.165, 1.54) is 20.9 Å². The van der Waals surface area contributed by atoms with E-state index in [0.29, 0.717) is 12.0 Å². The molecule has 0 bridgehead atoms. The Bertz CT molecular complexity index is 1460. The summed E-state index contributed by atoms with van der Waals surface area (Å²) in [7, 11) is 0. The lowest BCUT2D eigenvalue weighted by Crippen LogP contribution is -2.17. The van der Waals surface area contributed by atoms with Gasteiger partial charge < -0.3 is 5.21 Å². The molecular formula is C31H27NO2S2. The Balaban J connectivity index is 1.63. The maximum atomic E-state index is 13.4. The second-order valence-corrected chi connectivity index (χ2v) is 11.5. The number of hydrogen-bond acceptors (Lipinski definition) is 5. The minimum atomic E-state index is -0.233. The van der Waals surface area contributed by atoms with Crippen molar-refractivity contribution in [2.24, 2.45) is 5.16 Å². The van der Waals surface area contributed by atoms with Gasteiger partial charge in [0.25, 0.3) is 0 Å². The number of carbonyl (C=O) groups is 1. The van der Waals surface area contributed by atoms with Gasteiger partial charge in [-0.25, -0.2) is 0 Å². The first-order valence-electron chi connectivity index (χ1n) is 12.0. The summed E-state index contributed by atoms with van der Waals surface area (Å²) in [5, 5.41) is 12.8. The molecule has 1 aliphatic carbocycles. The molecule has 5 rings (SSSR count). The first kappa shape index (κ1) is 24.4. The van der Waals surface area contributed by atoms with Crippen LogP contribution in [0, 0.1) is 0 Å². The lowest BCUT2D eigenvalue weighted by Gasteiger charge is -2.23. The zero-order chi connectivity index (χ0) is 25.3. The Labute approximate surface area is 220 Å². The van der Waals surface area contributed by atoms with Crippen molar-refractivity contribution in [2.45, 2.75) is 52.2 Å². The van der Waals surface area contributed by atoms with Gasteiger partial charge in [-0.05, 0) is 77.2 Å². The number of carbonyl (C=O) groups excluding carboxylic acids is 1. The molecule has 0 atom stereocenters. The molecule has 0 spiro atoms. The van der Waals surface area contributed by atoms with E-state index in [9.17, 15) is 10.0 Å². The number of hydrogen-bond donors (Lipinski definition) is 1. The topological polar surface area (TPSA) is 49.7 Å². The molecule has 0 saturated heterocycles. The van der Waals surface area contributed by atoms with Crippen molar-refractivity contribution in [2.75, 3.05) is 0 Å². The fourth-order valence-electron chi connectivity index (χ4n) is 4.74. The lowest BCUT2D eigenvalue weighted by molar-refractivity contribution is 0.105. The normalized spacial score (nSPS) is 13.8. The van der Waals surface area contributed by atoms with Crippen LogP contribution < -0.4 is 0 Å². The molecule has 0 heterocycles. The molecule has 1 N–H and O–H groups in total. The molecule has 180 valence electrons. The van der Waals surface area contributed by atoms with Gasteiger partial charge in [-0.3, -0.25) is 4.79 Å².